The summed E-state index contributed by atoms with van der Waals surface area (Å²) in [6.45, 7) is 3.84. The van der Waals surface area contributed by atoms with Gasteiger partial charge in [0.1, 0.15) is 0 Å². The Morgan fingerprint density at radius 3 is 2.76 bits per heavy atom. The molecule has 0 atom stereocenters. The molecule has 0 saturated heterocycles. The van der Waals surface area contributed by atoms with Crippen molar-refractivity contribution in [1.82, 2.24) is 9.88 Å². The van der Waals surface area contributed by atoms with Gasteiger partial charge in [-0.1, -0.05) is 31.2 Å². The molecule has 0 fully saturated rings. The van der Waals surface area contributed by atoms with E-state index in [1.807, 2.05) is 12.1 Å². The van der Waals surface area contributed by atoms with Crippen LogP contribution in [-0.2, 0) is 13.0 Å². The number of nitrogens with zero attached hydrogens (tertiary/aromatic N) is 1. The van der Waals surface area contributed by atoms with E-state index in [0.29, 0.717) is 13.1 Å². The molecule has 0 bridgehead atoms. The second kappa shape index (κ2) is 7.85. The van der Waals surface area contributed by atoms with Gasteiger partial charge in [-0.15, -0.1) is 0 Å². The first-order valence-electron chi connectivity index (χ1n) is 8.62. The highest BCUT2D eigenvalue weighted by molar-refractivity contribution is 5.89. The number of hydrogen-bond donors (Lipinski definition) is 3. The number of carbonyl (C=O) groups is 1. The van der Waals surface area contributed by atoms with Crippen LogP contribution in [0.1, 0.15) is 18.1 Å². The molecule has 0 spiro atoms. The molecule has 130 valence electrons. The van der Waals surface area contributed by atoms with Crippen LogP contribution in [0.15, 0.2) is 54.7 Å². The molecule has 25 heavy (non-hydrogen) atoms. The highest BCUT2D eigenvalue weighted by Crippen LogP contribution is 2.21. The minimum atomic E-state index is -0.225. The largest absolute Gasteiger partial charge is 0.343 e. The Morgan fingerprint density at radius 2 is 1.96 bits per heavy atom. The van der Waals surface area contributed by atoms with Gasteiger partial charge in [-0.05, 0) is 47.2 Å². The SMILES string of the molecule is CCc1cc(NC(=O)NCCN)ccc1Cn1ccc2ccccc21. The quantitative estimate of drug-likeness (QED) is 0.646. The number of nitrogens with two attached hydrogens (primary N) is 1. The van der Waals surface area contributed by atoms with Crippen LogP contribution in [0.3, 0.4) is 0 Å². The van der Waals surface area contributed by atoms with Gasteiger partial charge in [0, 0.05) is 37.0 Å². The third kappa shape index (κ3) is 4.00. The van der Waals surface area contributed by atoms with Crippen LogP contribution in [0.25, 0.3) is 10.9 Å². The van der Waals surface area contributed by atoms with Gasteiger partial charge in [0.2, 0.25) is 0 Å². The van der Waals surface area contributed by atoms with Crippen molar-refractivity contribution in [3.05, 3.63) is 65.9 Å². The van der Waals surface area contributed by atoms with Crippen molar-refractivity contribution < 1.29 is 4.79 Å². The molecular formula is C20H24N4O. The van der Waals surface area contributed by atoms with Gasteiger partial charge in [0.15, 0.2) is 0 Å². The smallest absolute Gasteiger partial charge is 0.319 e. The number of amides is 2. The Kier molecular flexibility index (Phi) is 5.36. The molecule has 0 aliphatic heterocycles. The first kappa shape index (κ1) is 17.0. The Balaban J connectivity index is 1.79. The molecule has 0 saturated carbocycles. The summed E-state index contributed by atoms with van der Waals surface area (Å²) in [7, 11) is 0. The van der Waals surface area contributed by atoms with E-state index in [-0.39, 0.29) is 6.03 Å². The van der Waals surface area contributed by atoms with Gasteiger partial charge in [0.05, 0.1) is 0 Å². The number of urea groups is 1. The van der Waals surface area contributed by atoms with Crippen molar-refractivity contribution >= 4 is 22.6 Å². The molecule has 1 aromatic heterocycles. The summed E-state index contributed by atoms with van der Waals surface area (Å²) in [6.07, 6.45) is 3.03. The second-order valence-electron chi connectivity index (χ2n) is 6.01. The molecule has 2 aromatic carbocycles. The number of nitrogens with one attached hydrogen (secondary N) is 2. The van der Waals surface area contributed by atoms with E-state index in [1.54, 1.807) is 0 Å². The van der Waals surface area contributed by atoms with Crippen LogP contribution in [0.5, 0.6) is 0 Å². The van der Waals surface area contributed by atoms with Gasteiger partial charge in [-0.2, -0.15) is 0 Å². The number of fused-ring (bicyclic) bond motifs is 1. The zero-order chi connectivity index (χ0) is 17.6. The molecule has 0 radical (unpaired) electrons. The lowest BCUT2D eigenvalue weighted by atomic mass is 10.0. The van der Waals surface area contributed by atoms with Gasteiger partial charge < -0.3 is 20.9 Å². The molecule has 5 heteroatoms. The predicted molar refractivity (Wildman–Crippen MR) is 103 cm³/mol. The molecule has 0 aliphatic carbocycles. The fourth-order valence-corrected chi connectivity index (χ4v) is 3.01. The number of aryl methyl sites for hydroxylation is 1. The van der Waals surface area contributed by atoms with E-state index in [4.69, 9.17) is 5.73 Å². The lowest BCUT2D eigenvalue weighted by Gasteiger charge is -2.13. The molecule has 3 aromatic rings. The van der Waals surface area contributed by atoms with Gasteiger partial charge in [0.25, 0.3) is 0 Å². The first-order chi connectivity index (χ1) is 12.2. The Hall–Kier alpha value is -2.79. The van der Waals surface area contributed by atoms with Crippen molar-refractivity contribution in [2.45, 2.75) is 19.9 Å². The van der Waals surface area contributed by atoms with Gasteiger partial charge in [-0.25, -0.2) is 4.79 Å². The van der Waals surface area contributed by atoms with Crippen molar-refractivity contribution in [1.29, 1.82) is 0 Å². The monoisotopic (exact) mass is 336 g/mol. The van der Waals surface area contributed by atoms with E-state index < -0.39 is 0 Å². The summed E-state index contributed by atoms with van der Waals surface area (Å²) >= 11 is 0. The van der Waals surface area contributed by atoms with Crippen LogP contribution < -0.4 is 16.4 Å². The maximum atomic E-state index is 11.8. The van der Waals surface area contributed by atoms with Crippen LogP contribution >= 0.6 is 0 Å². The zero-order valence-corrected chi connectivity index (χ0v) is 14.5. The number of hydrogen-bond acceptors (Lipinski definition) is 2. The first-order valence-corrected chi connectivity index (χ1v) is 8.62. The summed E-state index contributed by atoms with van der Waals surface area (Å²) in [5.74, 6) is 0. The molecule has 0 aliphatic rings. The third-order valence-electron chi connectivity index (χ3n) is 4.30. The van der Waals surface area contributed by atoms with Crippen LogP contribution in [0.4, 0.5) is 10.5 Å². The minimum absolute atomic E-state index is 0.225. The van der Waals surface area contributed by atoms with Crippen molar-refractivity contribution in [2.24, 2.45) is 5.73 Å². The predicted octanol–water partition coefficient (Wildman–Crippen LogP) is 3.33. The fraction of sp³-hybridized carbons (Fsp3) is 0.250. The van der Waals surface area contributed by atoms with Crippen LogP contribution in [0, 0.1) is 0 Å². The van der Waals surface area contributed by atoms with Crippen molar-refractivity contribution in [3.8, 4) is 0 Å². The number of aromatic nitrogens is 1. The molecule has 4 N–H and O–H groups in total. The number of carbonyl (C=O) groups excluding carboxylic acids is 1. The molecule has 1 heterocycles. The van der Waals surface area contributed by atoms with Crippen LogP contribution in [0.2, 0.25) is 0 Å². The number of para-hydroxylation sites is 1. The van der Waals surface area contributed by atoms with E-state index in [9.17, 15) is 4.79 Å². The third-order valence-corrected chi connectivity index (χ3v) is 4.30. The van der Waals surface area contributed by atoms with E-state index in [0.717, 1.165) is 18.7 Å². The maximum absolute atomic E-state index is 11.8. The van der Waals surface area contributed by atoms with Gasteiger partial charge >= 0.3 is 6.03 Å². The number of anilines is 1. The summed E-state index contributed by atoms with van der Waals surface area (Å²) < 4.78 is 2.25. The average molecular weight is 336 g/mol. The topological polar surface area (TPSA) is 72.1 Å². The fourth-order valence-electron chi connectivity index (χ4n) is 3.01. The van der Waals surface area contributed by atoms with Crippen molar-refractivity contribution in [2.75, 3.05) is 18.4 Å². The molecule has 0 unspecified atom stereocenters. The second-order valence-corrected chi connectivity index (χ2v) is 6.01. The van der Waals surface area contributed by atoms with E-state index in [2.05, 4.69) is 64.7 Å². The molecule has 3 rings (SSSR count). The summed E-state index contributed by atoms with van der Waals surface area (Å²) in [5.41, 5.74) is 9.91. The van der Waals surface area contributed by atoms with E-state index in [1.165, 1.54) is 22.0 Å². The highest BCUT2D eigenvalue weighted by Gasteiger charge is 2.07. The summed E-state index contributed by atoms with van der Waals surface area (Å²) in [4.78, 5) is 11.8. The molecular weight excluding hydrogens is 312 g/mol. The number of rotatable bonds is 6. The lowest BCUT2D eigenvalue weighted by molar-refractivity contribution is 0.252. The van der Waals surface area contributed by atoms with E-state index >= 15 is 0 Å². The molecule has 5 nitrogen and oxygen atoms in total. The average Bonchev–Trinajstić information content (AvgIpc) is 3.04. The Morgan fingerprint density at radius 1 is 1.12 bits per heavy atom. The van der Waals surface area contributed by atoms with Crippen molar-refractivity contribution in [3.63, 3.8) is 0 Å². The zero-order valence-electron chi connectivity index (χ0n) is 14.5. The Bertz CT molecular complexity index is 869. The summed E-state index contributed by atoms with van der Waals surface area (Å²) in [6, 6.07) is 16.4. The summed E-state index contributed by atoms with van der Waals surface area (Å²) in [5, 5.41) is 6.81. The number of benzene rings is 2. The van der Waals surface area contributed by atoms with Gasteiger partial charge in [-0.3, -0.25) is 0 Å². The van der Waals surface area contributed by atoms with Crippen LogP contribution in [-0.4, -0.2) is 23.7 Å². The minimum Gasteiger partial charge on any atom is -0.343 e. The maximum Gasteiger partial charge on any atom is 0.319 e. The highest BCUT2D eigenvalue weighted by atomic mass is 16.2. The lowest BCUT2D eigenvalue weighted by Crippen LogP contribution is -2.32. The standard InChI is InChI=1S/C20H24N4O/c1-2-15-13-18(23-20(25)22-11-10-21)8-7-17(15)14-24-12-9-16-5-3-4-6-19(16)24/h3-9,12-13H,2,10-11,14,21H2,1H3,(H2,22,23,25). The normalized spacial score (nSPS) is 10.8. The molecule has 2 amide bonds. The Labute approximate surface area is 147 Å².